The van der Waals surface area contributed by atoms with Gasteiger partial charge in [-0.25, -0.2) is 4.79 Å². The summed E-state index contributed by atoms with van der Waals surface area (Å²) < 4.78 is 10.6. The number of nitro benzene ring substituents is 1. The second-order valence-corrected chi connectivity index (χ2v) is 5.44. The zero-order chi connectivity index (χ0) is 18.9. The van der Waals surface area contributed by atoms with Crippen molar-refractivity contribution in [2.45, 2.75) is 6.92 Å². The van der Waals surface area contributed by atoms with Gasteiger partial charge in [0.05, 0.1) is 17.1 Å². The predicted octanol–water partition coefficient (Wildman–Crippen LogP) is 2.54. The molecule has 0 aliphatic rings. The first-order chi connectivity index (χ1) is 12.5. The number of aliphatic hydroxyl groups excluding tert-OH is 1. The molecule has 0 radical (unpaired) electrons. The fourth-order valence-electron chi connectivity index (χ4n) is 2.24. The van der Waals surface area contributed by atoms with E-state index in [1.54, 1.807) is 6.07 Å². The average molecular weight is 360 g/mol. The van der Waals surface area contributed by atoms with E-state index in [4.69, 9.17) is 14.6 Å². The summed E-state index contributed by atoms with van der Waals surface area (Å²) in [7, 11) is 0. The highest BCUT2D eigenvalue weighted by Crippen LogP contribution is 2.23. The average Bonchev–Trinajstić information content (AvgIpc) is 2.63. The Morgan fingerprint density at radius 2 is 2.04 bits per heavy atom. The standard InChI is InChI=1S/C18H20N2O6/c1-13-3-2-4-15(11-13)25-9-10-26-18(22)16-12-14(20(23)24)5-6-17(16)19-7-8-21/h2-6,11-12,19,21H,7-10H2,1H3. The summed E-state index contributed by atoms with van der Waals surface area (Å²) in [6.07, 6.45) is 0. The molecule has 8 nitrogen and oxygen atoms in total. The van der Waals surface area contributed by atoms with Crippen LogP contribution in [0.4, 0.5) is 11.4 Å². The van der Waals surface area contributed by atoms with Crippen molar-refractivity contribution in [3.8, 4) is 5.75 Å². The van der Waals surface area contributed by atoms with Crippen molar-refractivity contribution in [1.82, 2.24) is 0 Å². The lowest BCUT2D eigenvalue weighted by atomic mass is 10.1. The summed E-state index contributed by atoms with van der Waals surface area (Å²) in [5, 5.41) is 22.6. The van der Waals surface area contributed by atoms with Crippen LogP contribution in [0.25, 0.3) is 0 Å². The van der Waals surface area contributed by atoms with Crippen LogP contribution in [-0.4, -0.2) is 42.4 Å². The van der Waals surface area contributed by atoms with Crippen molar-refractivity contribution in [2.24, 2.45) is 0 Å². The number of nitro groups is 1. The number of benzene rings is 2. The Hall–Kier alpha value is -3.13. The topological polar surface area (TPSA) is 111 Å². The van der Waals surface area contributed by atoms with Gasteiger partial charge in [-0.1, -0.05) is 12.1 Å². The van der Waals surface area contributed by atoms with Gasteiger partial charge in [0.2, 0.25) is 0 Å². The van der Waals surface area contributed by atoms with Crippen molar-refractivity contribution in [3.63, 3.8) is 0 Å². The van der Waals surface area contributed by atoms with E-state index in [9.17, 15) is 14.9 Å². The summed E-state index contributed by atoms with van der Waals surface area (Å²) in [6, 6.07) is 11.3. The number of carbonyl (C=O) groups is 1. The number of nitrogens with one attached hydrogen (secondary N) is 1. The number of hydrogen-bond donors (Lipinski definition) is 2. The summed E-state index contributed by atoms with van der Waals surface area (Å²) in [6.45, 7) is 2.15. The predicted molar refractivity (Wildman–Crippen MR) is 95.6 cm³/mol. The number of nitrogens with zero attached hydrogens (tertiary/aromatic N) is 1. The Balaban J connectivity index is 1.98. The maximum atomic E-state index is 12.3. The number of esters is 1. The summed E-state index contributed by atoms with van der Waals surface area (Å²) in [5.41, 5.74) is 1.22. The van der Waals surface area contributed by atoms with Crippen molar-refractivity contribution in [1.29, 1.82) is 0 Å². The van der Waals surface area contributed by atoms with Gasteiger partial charge in [-0.15, -0.1) is 0 Å². The monoisotopic (exact) mass is 360 g/mol. The van der Waals surface area contributed by atoms with E-state index >= 15 is 0 Å². The summed E-state index contributed by atoms with van der Waals surface area (Å²) in [4.78, 5) is 22.6. The molecule has 0 aliphatic carbocycles. The molecule has 0 saturated heterocycles. The minimum atomic E-state index is -0.706. The van der Waals surface area contributed by atoms with Gasteiger partial charge < -0.3 is 19.9 Å². The number of aryl methyl sites for hydroxylation is 1. The van der Waals surface area contributed by atoms with Crippen LogP contribution in [0.5, 0.6) is 5.75 Å². The normalized spacial score (nSPS) is 10.2. The van der Waals surface area contributed by atoms with E-state index in [1.807, 2.05) is 25.1 Å². The second-order valence-electron chi connectivity index (χ2n) is 5.44. The number of rotatable bonds is 9. The van der Waals surface area contributed by atoms with Gasteiger partial charge in [-0.05, 0) is 30.7 Å². The van der Waals surface area contributed by atoms with Crippen LogP contribution in [0.1, 0.15) is 15.9 Å². The molecule has 0 amide bonds. The van der Waals surface area contributed by atoms with Crippen molar-refractivity contribution in [2.75, 3.05) is 31.7 Å². The van der Waals surface area contributed by atoms with Crippen LogP contribution in [0, 0.1) is 17.0 Å². The molecule has 2 rings (SSSR count). The van der Waals surface area contributed by atoms with Crippen LogP contribution in [-0.2, 0) is 4.74 Å². The molecule has 26 heavy (non-hydrogen) atoms. The molecule has 2 aromatic rings. The minimum Gasteiger partial charge on any atom is -0.490 e. The molecule has 0 aromatic heterocycles. The quantitative estimate of drug-likeness (QED) is 0.306. The molecule has 2 N–H and O–H groups in total. The largest absolute Gasteiger partial charge is 0.490 e. The van der Waals surface area contributed by atoms with Crippen molar-refractivity contribution in [3.05, 3.63) is 63.7 Å². The summed E-state index contributed by atoms with van der Waals surface area (Å²) >= 11 is 0. The number of non-ortho nitro benzene ring substituents is 1. The Morgan fingerprint density at radius 1 is 1.23 bits per heavy atom. The smallest absolute Gasteiger partial charge is 0.340 e. The van der Waals surface area contributed by atoms with E-state index in [1.165, 1.54) is 12.1 Å². The minimum absolute atomic E-state index is 0.00505. The van der Waals surface area contributed by atoms with Crippen LogP contribution in [0.2, 0.25) is 0 Å². The third-order valence-corrected chi connectivity index (χ3v) is 3.44. The number of carbonyl (C=O) groups excluding carboxylic acids is 1. The third-order valence-electron chi connectivity index (χ3n) is 3.44. The lowest BCUT2D eigenvalue weighted by Crippen LogP contribution is -2.15. The molecule has 0 aliphatic heterocycles. The van der Waals surface area contributed by atoms with Gasteiger partial charge >= 0.3 is 5.97 Å². The van der Waals surface area contributed by atoms with Crippen molar-refractivity contribution >= 4 is 17.3 Å². The van der Waals surface area contributed by atoms with Crippen LogP contribution in [0.3, 0.4) is 0 Å². The lowest BCUT2D eigenvalue weighted by molar-refractivity contribution is -0.384. The fraction of sp³-hybridized carbons (Fsp3) is 0.278. The first kappa shape index (κ1) is 19.2. The molecule has 2 aromatic carbocycles. The number of aliphatic hydroxyl groups is 1. The molecule has 138 valence electrons. The van der Waals surface area contributed by atoms with E-state index in [0.29, 0.717) is 11.4 Å². The maximum Gasteiger partial charge on any atom is 0.340 e. The van der Waals surface area contributed by atoms with E-state index in [2.05, 4.69) is 5.32 Å². The third kappa shape index (κ3) is 5.45. The number of anilines is 1. The fourth-order valence-corrected chi connectivity index (χ4v) is 2.24. The molecule has 0 fully saturated rings. The first-order valence-electron chi connectivity index (χ1n) is 8.01. The molecular formula is C18H20N2O6. The lowest BCUT2D eigenvalue weighted by Gasteiger charge is -2.11. The van der Waals surface area contributed by atoms with Gasteiger partial charge in [0.1, 0.15) is 19.0 Å². The highest BCUT2D eigenvalue weighted by molar-refractivity contribution is 5.96. The van der Waals surface area contributed by atoms with Crippen molar-refractivity contribution < 1.29 is 24.3 Å². The van der Waals surface area contributed by atoms with Gasteiger partial charge in [-0.3, -0.25) is 10.1 Å². The van der Waals surface area contributed by atoms with Gasteiger partial charge in [0, 0.05) is 24.4 Å². The Kier molecular flexibility index (Phi) is 6.92. The van der Waals surface area contributed by atoms with Gasteiger partial charge in [0.15, 0.2) is 0 Å². The van der Waals surface area contributed by atoms with Crippen LogP contribution in [0.15, 0.2) is 42.5 Å². The molecule has 0 saturated carbocycles. The highest BCUT2D eigenvalue weighted by atomic mass is 16.6. The van der Waals surface area contributed by atoms with Crippen LogP contribution >= 0.6 is 0 Å². The summed E-state index contributed by atoms with van der Waals surface area (Å²) in [5.74, 6) is -0.0383. The first-order valence-corrected chi connectivity index (χ1v) is 8.01. The number of ether oxygens (including phenoxy) is 2. The van der Waals surface area contributed by atoms with E-state index in [0.717, 1.165) is 11.6 Å². The Morgan fingerprint density at radius 3 is 2.73 bits per heavy atom. The molecule has 0 unspecified atom stereocenters. The molecular weight excluding hydrogens is 340 g/mol. The molecule has 0 spiro atoms. The second kappa shape index (κ2) is 9.38. The van der Waals surface area contributed by atoms with Gasteiger partial charge in [0.25, 0.3) is 5.69 Å². The SMILES string of the molecule is Cc1cccc(OCCOC(=O)c2cc([N+](=O)[O-])ccc2NCCO)c1. The maximum absolute atomic E-state index is 12.3. The molecule has 0 bridgehead atoms. The highest BCUT2D eigenvalue weighted by Gasteiger charge is 2.18. The molecule has 8 heteroatoms. The molecule has 0 heterocycles. The van der Waals surface area contributed by atoms with Crippen LogP contribution < -0.4 is 10.1 Å². The van der Waals surface area contributed by atoms with Gasteiger partial charge in [-0.2, -0.15) is 0 Å². The molecule has 0 atom stereocenters. The number of hydrogen-bond acceptors (Lipinski definition) is 7. The van der Waals surface area contributed by atoms with E-state index < -0.39 is 10.9 Å². The zero-order valence-electron chi connectivity index (χ0n) is 14.3. The Bertz CT molecular complexity index is 778. The zero-order valence-corrected chi connectivity index (χ0v) is 14.3. The van der Waals surface area contributed by atoms with E-state index in [-0.39, 0.29) is 37.6 Å². The Labute approximate surface area is 150 Å².